The highest BCUT2D eigenvalue weighted by Crippen LogP contribution is 2.29. The lowest BCUT2D eigenvalue weighted by Gasteiger charge is -2.04. The number of carbonyl (C=O) groups is 1. The van der Waals surface area contributed by atoms with Crippen LogP contribution in [0.25, 0.3) is 0 Å². The molecule has 0 fully saturated rings. The van der Waals surface area contributed by atoms with Gasteiger partial charge in [-0.25, -0.2) is 5.43 Å². The first-order chi connectivity index (χ1) is 11.5. The number of halogens is 3. The van der Waals surface area contributed by atoms with E-state index in [4.69, 9.17) is 23.2 Å². The van der Waals surface area contributed by atoms with Crippen LogP contribution in [-0.4, -0.2) is 23.0 Å². The Morgan fingerprint density at radius 2 is 2.08 bits per heavy atom. The second-order valence-electron chi connectivity index (χ2n) is 4.70. The molecule has 0 radical (unpaired) electrons. The van der Waals surface area contributed by atoms with E-state index >= 15 is 0 Å². The van der Waals surface area contributed by atoms with Crippen LogP contribution in [0, 0.1) is 0 Å². The van der Waals surface area contributed by atoms with Crippen molar-refractivity contribution >= 4 is 63.0 Å². The van der Waals surface area contributed by atoms with Crippen molar-refractivity contribution < 1.29 is 9.90 Å². The van der Waals surface area contributed by atoms with Crippen LogP contribution in [0.5, 0.6) is 5.75 Å². The summed E-state index contributed by atoms with van der Waals surface area (Å²) >= 11 is 16.6. The summed E-state index contributed by atoms with van der Waals surface area (Å²) in [5.74, 6) is 0.600. The van der Waals surface area contributed by atoms with Gasteiger partial charge in [-0.3, -0.25) is 4.79 Å². The van der Waals surface area contributed by atoms with Crippen LogP contribution in [0.3, 0.4) is 0 Å². The summed E-state index contributed by atoms with van der Waals surface area (Å²) in [5.41, 5.74) is 3.85. The van der Waals surface area contributed by atoms with E-state index in [0.717, 1.165) is 10.0 Å². The van der Waals surface area contributed by atoms with Gasteiger partial charge in [0.1, 0.15) is 5.75 Å². The lowest BCUT2D eigenvalue weighted by molar-refractivity contribution is -0.118. The third-order valence-corrected chi connectivity index (χ3v) is 5.16. The van der Waals surface area contributed by atoms with Gasteiger partial charge in [-0.05, 0) is 23.8 Å². The van der Waals surface area contributed by atoms with Gasteiger partial charge in [0.15, 0.2) is 0 Å². The van der Waals surface area contributed by atoms with E-state index in [1.54, 1.807) is 0 Å². The fourth-order valence-electron chi connectivity index (χ4n) is 1.76. The maximum absolute atomic E-state index is 11.8. The van der Waals surface area contributed by atoms with Crippen molar-refractivity contribution in [3.8, 4) is 5.75 Å². The number of phenolic OH excluding ortho intramolecular Hbond substituents is 1. The number of hydrogen-bond donors (Lipinski definition) is 2. The van der Waals surface area contributed by atoms with Crippen LogP contribution in [0.4, 0.5) is 0 Å². The van der Waals surface area contributed by atoms with Crippen molar-refractivity contribution in [2.45, 2.75) is 5.75 Å². The van der Waals surface area contributed by atoms with Gasteiger partial charge in [-0.15, -0.1) is 11.8 Å². The topological polar surface area (TPSA) is 61.7 Å². The molecule has 0 aromatic heterocycles. The Morgan fingerprint density at radius 1 is 1.33 bits per heavy atom. The first-order valence-corrected chi connectivity index (χ1v) is 9.49. The highest BCUT2D eigenvalue weighted by Gasteiger charge is 2.06. The summed E-state index contributed by atoms with van der Waals surface area (Å²) in [4.78, 5) is 11.8. The molecule has 2 aromatic rings. The predicted octanol–water partition coefficient (Wildman–Crippen LogP) is 4.85. The fourth-order valence-corrected chi connectivity index (χ4v) is 3.70. The first kappa shape index (κ1) is 19.1. The molecule has 2 rings (SSSR count). The van der Waals surface area contributed by atoms with E-state index in [1.807, 2.05) is 24.3 Å². The van der Waals surface area contributed by atoms with E-state index < -0.39 is 0 Å². The van der Waals surface area contributed by atoms with Crippen molar-refractivity contribution in [3.05, 3.63) is 62.0 Å². The molecule has 24 heavy (non-hydrogen) atoms. The van der Waals surface area contributed by atoms with Crippen molar-refractivity contribution in [2.24, 2.45) is 5.10 Å². The molecule has 1 amide bonds. The summed E-state index contributed by atoms with van der Waals surface area (Å²) in [6, 6.07) is 10.8. The number of hydrogen-bond acceptors (Lipinski definition) is 4. The smallest absolute Gasteiger partial charge is 0.250 e. The molecule has 0 atom stereocenters. The van der Waals surface area contributed by atoms with Gasteiger partial charge in [-0.1, -0.05) is 57.3 Å². The molecule has 8 heteroatoms. The average Bonchev–Trinajstić information content (AvgIpc) is 2.54. The number of amides is 1. The molecule has 4 nitrogen and oxygen atoms in total. The van der Waals surface area contributed by atoms with Crippen LogP contribution >= 0.6 is 50.9 Å². The minimum atomic E-state index is -0.240. The lowest BCUT2D eigenvalue weighted by atomic mass is 10.2. The van der Waals surface area contributed by atoms with Gasteiger partial charge >= 0.3 is 0 Å². The minimum Gasteiger partial charge on any atom is -0.506 e. The normalized spacial score (nSPS) is 11.0. The van der Waals surface area contributed by atoms with Crippen molar-refractivity contribution in [2.75, 3.05) is 5.75 Å². The SMILES string of the molecule is O=C(CSCc1ccccc1Br)N/N=C\c1cc(Cl)cc(Cl)c1O. The molecular formula is C16H13BrCl2N2O2S. The number of nitrogens with zero attached hydrogens (tertiary/aromatic N) is 1. The van der Waals surface area contributed by atoms with Gasteiger partial charge in [0.25, 0.3) is 0 Å². The van der Waals surface area contributed by atoms with E-state index in [0.29, 0.717) is 16.3 Å². The van der Waals surface area contributed by atoms with Gasteiger partial charge in [0.2, 0.25) is 5.91 Å². The van der Waals surface area contributed by atoms with Crippen LogP contribution < -0.4 is 5.43 Å². The molecule has 0 aliphatic carbocycles. The molecule has 0 aliphatic rings. The number of nitrogens with one attached hydrogen (secondary N) is 1. The second-order valence-corrected chi connectivity index (χ2v) is 7.39. The molecule has 0 heterocycles. The quantitative estimate of drug-likeness (QED) is 0.491. The second kappa shape index (κ2) is 9.32. The summed E-state index contributed by atoms with van der Waals surface area (Å²) in [7, 11) is 0. The standard InChI is InChI=1S/C16H13BrCl2N2O2S/c17-13-4-2-1-3-10(13)8-24-9-15(22)21-20-7-11-5-12(18)6-14(19)16(11)23/h1-7,23H,8-9H2,(H,21,22)/b20-7-. The molecule has 2 N–H and O–H groups in total. The Balaban J connectivity index is 1.82. The number of carbonyl (C=O) groups excluding carboxylic acids is 1. The van der Waals surface area contributed by atoms with Crippen molar-refractivity contribution in [1.82, 2.24) is 5.43 Å². The molecular weight excluding hydrogens is 435 g/mol. The van der Waals surface area contributed by atoms with Gasteiger partial charge in [-0.2, -0.15) is 5.10 Å². The van der Waals surface area contributed by atoms with Gasteiger partial charge in [0, 0.05) is 20.8 Å². The Morgan fingerprint density at radius 3 is 2.83 bits per heavy atom. The summed E-state index contributed by atoms with van der Waals surface area (Å²) in [6.45, 7) is 0. The largest absolute Gasteiger partial charge is 0.506 e. The zero-order valence-corrected chi connectivity index (χ0v) is 16.2. The third-order valence-electron chi connectivity index (χ3n) is 2.90. The third kappa shape index (κ3) is 5.70. The highest BCUT2D eigenvalue weighted by atomic mass is 79.9. The maximum Gasteiger partial charge on any atom is 0.250 e. The van der Waals surface area contributed by atoms with E-state index in [9.17, 15) is 9.90 Å². The zero-order chi connectivity index (χ0) is 17.5. The number of thioether (sulfide) groups is 1. The van der Waals surface area contributed by atoms with E-state index in [2.05, 4.69) is 26.5 Å². The molecule has 0 unspecified atom stereocenters. The fraction of sp³-hybridized carbons (Fsp3) is 0.125. The molecule has 2 aromatic carbocycles. The molecule has 0 aliphatic heterocycles. The van der Waals surface area contributed by atoms with Crippen LogP contribution in [0.2, 0.25) is 10.0 Å². The first-order valence-electron chi connectivity index (χ1n) is 6.78. The molecule has 0 bridgehead atoms. The lowest BCUT2D eigenvalue weighted by Crippen LogP contribution is -2.19. The summed E-state index contributed by atoms with van der Waals surface area (Å²) in [6.07, 6.45) is 1.30. The number of hydrazone groups is 1. The van der Waals surface area contributed by atoms with E-state index in [1.165, 1.54) is 30.1 Å². The minimum absolute atomic E-state index is 0.124. The monoisotopic (exact) mass is 446 g/mol. The van der Waals surface area contributed by atoms with E-state index in [-0.39, 0.29) is 22.4 Å². The molecule has 0 saturated carbocycles. The number of rotatable bonds is 6. The number of phenols is 1. The van der Waals surface area contributed by atoms with Crippen molar-refractivity contribution in [1.29, 1.82) is 0 Å². The van der Waals surface area contributed by atoms with Crippen molar-refractivity contribution in [3.63, 3.8) is 0 Å². The molecule has 126 valence electrons. The Hall–Kier alpha value is -1.21. The number of aromatic hydroxyl groups is 1. The highest BCUT2D eigenvalue weighted by molar-refractivity contribution is 9.10. The zero-order valence-electron chi connectivity index (χ0n) is 12.3. The maximum atomic E-state index is 11.8. The Kier molecular flexibility index (Phi) is 7.42. The Bertz CT molecular complexity index is 772. The number of benzene rings is 2. The summed E-state index contributed by atoms with van der Waals surface area (Å²) in [5, 5.41) is 14.1. The van der Waals surface area contributed by atoms with Crippen LogP contribution in [0.15, 0.2) is 46.0 Å². The molecule has 0 spiro atoms. The predicted molar refractivity (Wildman–Crippen MR) is 104 cm³/mol. The van der Waals surface area contributed by atoms with Gasteiger partial charge in [0.05, 0.1) is 17.0 Å². The summed E-state index contributed by atoms with van der Waals surface area (Å²) < 4.78 is 1.02. The molecule has 0 saturated heterocycles. The Labute approximate surface area is 162 Å². The van der Waals surface area contributed by atoms with Gasteiger partial charge < -0.3 is 5.11 Å². The van der Waals surface area contributed by atoms with Crippen LogP contribution in [-0.2, 0) is 10.5 Å². The average molecular weight is 448 g/mol. The van der Waals surface area contributed by atoms with Crippen LogP contribution in [0.1, 0.15) is 11.1 Å².